The van der Waals surface area contributed by atoms with Crippen molar-refractivity contribution in [1.29, 1.82) is 0 Å². The third-order valence-electron chi connectivity index (χ3n) is 6.64. The number of hydrogen-bond acceptors (Lipinski definition) is 6. The number of nitrogens with zero attached hydrogens (tertiary/aromatic N) is 2. The molecule has 1 aromatic heterocycles. The third kappa shape index (κ3) is 5.55. The first-order chi connectivity index (χ1) is 19.2. The second-order valence-corrected chi connectivity index (χ2v) is 13.0. The maximum Gasteiger partial charge on any atom is 0.338 e. The van der Waals surface area contributed by atoms with Crippen molar-refractivity contribution in [2.45, 2.75) is 32.7 Å². The van der Waals surface area contributed by atoms with E-state index < -0.39 is 12.0 Å². The van der Waals surface area contributed by atoms with Gasteiger partial charge in [0.15, 0.2) is 4.80 Å². The summed E-state index contributed by atoms with van der Waals surface area (Å²) in [6.07, 6.45) is 1.69. The van der Waals surface area contributed by atoms with Crippen LogP contribution in [0.2, 0.25) is 0 Å². The number of aromatic hydroxyl groups is 1. The van der Waals surface area contributed by atoms with Gasteiger partial charge in [-0.2, -0.15) is 0 Å². The van der Waals surface area contributed by atoms with E-state index in [1.165, 1.54) is 11.3 Å². The molecule has 204 valence electrons. The molecular formula is C31H26I2N2O4S. The van der Waals surface area contributed by atoms with Crippen LogP contribution < -0.4 is 14.9 Å². The molecule has 1 aliphatic heterocycles. The standard InChI is InChI=1S/C31H26I2N2O4S/c1-4-39-30(38)25-26(19-8-6-5-7-9-19)34-31-35(27(25)20-12-10-18(11-13-20)17(2)3)29(37)24(40-31)15-21-14-22(32)16-23(33)28(21)36/h5-17,27,36H,4H2,1-3H3/b24-15-/t27-/m1/s1. The van der Waals surface area contributed by atoms with Crippen LogP contribution in [0, 0.1) is 7.14 Å². The summed E-state index contributed by atoms with van der Waals surface area (Å²) in [5.41, 5.74) is 3.76. The van der Waals surface area contributed by atoms with Crippen molar-refractivity contribution in [2.75, 3.05) is 6.61 Å². The van der Waals surface area contributed by atoms with E-state index in [1.807, 2.05) is 66.7 Å². The van der Waals surface area contributed by atoms with E-state index in [1.54, 1.807) is 17.6 Å². The minimum absolute atomic E-state index is 0.116. The summed E-state index contributed by atoms with van der Waals surface area (Å²) in [6, 6.07) is 20.5. The topological polar surface area (TPSA) is 80.9 Å². The minimum atomic E-state index is -0.737. The van der Waals surface area contributed by atoms with Crippen LogP contribution in [0.5, 0.6) is 5.75 Å². The second kappa shape index (κ2) is 12.0. The first-order valence-electron chi connectivity index (χ1n) is 12.8. The first kappa shape index (κ1) is 28.7. The van der Waals surface area contributed by atoms with Gasteiger partial charge in [-0.25, -0.2) is 9.79 Å². The number of phenols is 1. The van der Waals surface area contributed by atoms with E-state index in [4.69, 9.17) is 9.73 Å². The highest BCUT2D eigenvalue weighted by atomic mass is 127. The summed E-state index contributed by atoms with van der Waals surface area (Å²) >= 11 is 5.50. The van der Waals surface area contributed by atoms with Crippen LogP contribution in [0.25, 0.3) is 11.8 Å². The Hall–Kier alpha value is -2.77. The van der Waals surface area contributed by atoms with E-state index in [2.05, 4.69) is 59.0 Å². The molecule has 0 radical (unpaired) electrons. The van der Waals surface area contributed by atoms with Crippen molar-refractivity contribution in [1.82, 2.24) is 4.57 Å². The fraction of sp³-hybridized carbons (Fsp3) is 0.194. The molecule has 0 unspecified atom stereocenters. The number of rotatable bonds is 6. The number of carbonyl (C=O) groups excluding carboxylic acids is 1. The van der Waals surface area contributed by atoms with Gasteiger partial charge in [0.25, 0.3) is 5.56 Å². The molecule has 0 spiro atoms. The highest BCUT2D eigenvalue weighted by Crippen LogP contribution is 2.36. The van der Waals surface area contributed by atoms with E-state index in [0.717, 1.165) is 20.3 Å². The number of phenolic OH excluding ortho intramolecular Hbond substituents is 1. The predicted molar refractivity (Wildman–Crippen MR) is 175 cm³/mol. The molecule has 5 rings (SSSR count). The molecule has 1 atom stereocenters. The van der Waals surface area contributed by atoms with Gasteiger partial charge in [0, 0.05) is 14.7 Å². The lowest BCUT2D eigenvalue weighted by Gasteiger charge is -2.26. The van der Waals surface area contributed by atoms with Gasteiger partial charge in [-0.1, -0.05) is 79.8 Å². The number of hydrogen-bond donors (Lipinski definition) is 1. The average Bonchev–Trinajstić information content (AvgIpc) is 3.25. The molecule has 4 aromatic rings. The Morgan fingerprint density at radius 2 is 1.82 bits per heavy atom. The quantitative estimate of drug-likeness (QED) is 0.194. The van der Waals surface area contributed by atoms with Crippen LogP contribution in [-0.4, -0.2) is 22.2 Å². The molecule has 0 saturated carbocycles. The molecule has 1 N–H and O–H groups in total. The van der Waals surface area contributed by atoms with E-state index >= 15 is 0 Å². The Bertz CT molecular complexity index is 1810. The maximum absolute atomic E-state index is 14.0. The van der Waals surface area contributed by atoms with Crippen LogP contribution in [0.1, 0.15) is 55.0 Å². The number of esters is 1. The monoisotopic (exact) mass is 776 g/mol. The SMILES string of the molecule is CCOC(=O)C1=C(c2ccccc2)N=c2s/c(=C\c3cc(I)cc(I)c3O)c(=O)n2[C@@H]1c1ccc(C(C)C)cc1. The number of ether oxygens (including phenoxy) is 1. The van der Waals surface area contributed by atoms with E-state index in [9.17, 15) is 14.7 Å². The molecule has 0 amide bonds. The second-order valence-electron chi connectivity index (χ2n) is 9.58. The number of halogens is 2. The molecular weight excluding hydrogens is 750 g/mol. The lowest BCUT2D eigenvalue weighted by atomic mass is 9.91. The number of aromatic nitrogens is 1. The zero-order valence-corrected chi connectivity index (χ0v) is 27.2. The molecule has 1 aliphatic rings. The van der Waals surface area contributed by atoms with Gasteiger partial charge in [-0.05, 0) is 87.4 Å². The number of carbonyl (C=O) groups is 1. The largest absolute Gasteiger partial charge is 0.506 e. The van der Waals surface area contributed by atoms with E-state index in [0.29, 0.717) is 35.7 Å². The normalized spacial score (nSPS) is 15.2. The van der Waals surface area contributed by atoms with Crippen LogP contribution in [0.15, 0.2) is 82.1 Å². The molecule has 0 aliphatic carbocycles. The van der Waals surface area contributed by atoms with Crippen molar-refractivity contribution in [3.8, 4) is 5.75 Å². The Morgan fingerprint density at radius 1 is 1.12 bits per heavy atom. The van der Waals surface area contributed by atoms with Gasteiger partial charge in [0.2, 0.25) is 0 Å². The highest BCUT2D eigenvalue weighted by molar-refractivity contribution is 14.1. The Balaban J connectivity index is 1.83. The van der Waals surface area contributed by atoms with E-state index in [-0.39, 0.29) is 17.9 Å². The Morgan fingerprint density at radius 3 is 2.48 bits per heavy atom. The number of benzene rings is 3. The van der Waals surface area contributed by atoms with Gasteiger partial charge in [0.1, 0.15) is 5.75 Å². The van der Waals surface area contributed by atoms with Crippen LogP contribution in [0.4, 0.5) is 0 Å². The van der Waals surface area contributed by atoms with Crippen LogP contribution >= 0.6 is 56.5 Å². The maximum atomic E-state index is 14.0. The van der Waals surface area contributed by atoms with Gasteiger partial charge in [-0.3, -0.25) is 9.36 Å². The molecule has 6 nitrogen and oxygen atoms in total. The zero-order valence-electron chi connectivity index (χ0n) is 22.0. The fourth-order valence-corrected chi connectivity index (χ4v) is 7.54. The van der Waals surface area contributed by atoms with Crippen molar-refractivity contribution in [2.24, 2.45) is 4.99 Å². The average molecular weight is 776 g/mol. The summed E-state index contributed by atoms with van der Waals surface area (Å²) in [5.74, 6) is -0.0628. The molecule has 40 heavy (non-hydrogen) atoms. The van der Waals surface area contributed by atoms with Crippen molar-refractivity contribution < 1.29 is 14.6 Å². The molecule has 3 aromatic carbocycles. The van der Waals surface area contributed by atoms with Gasteiger partial charge < -0.3 is 9.84 Å². The summed E-state index contributed by atoms with van der Waals surface area (Å²) < 4.78 is 9.16. The van der Waals surface area contributed by atoms with Crippen molar-refractivity contribution in [3.63, 3.8) is 0 Å². The molecule has 0 saturated heterocycles. The predicted octanol–water partition coefficient (Wildman–Crippen LogP) is 5.97. The first-order valence-corrected chi connectivity index (χ1v) is 15.7. The lowest BCUT2D eigenvalue weighted by Crippen LogP contribution is -2.40. The molecule has 0 bridgehead atoms. The summed E-state index contributed by atoms with van der Waals surface area (Å²) in [6.45, 7) is 6.20. The van der Waals surface area contributed by atoms with Crippen LogP contribution in [-0.2, 0) is 9.53 Å². The van der Waals surface area contributed by atoms with Crippen LogP contribution in [0.3, 0.4) is 0 Å². The zero-order chi connectivity index (χ0) is 28.6. The highest BCUT2D eigenvalue weighted by Gasteiger charge is 2.35. The van der Waals surface area contributed by atoms with Crippen molar-refractivity contribution in [3.05, 3.63) is 121 Å². The molecule has 0 fully saturated rings. The third-order valence-corrected chi connectivity index (χ3v) is 9.06. The number of thiazole rings is 1. The van der Waals surface area contributed by atoms with Gasteiger partial charge in [-0.15, -0.1) is 0 Å². The van der Waals surface area contributed by atoms with Gasteiger partial charge >= 0.3 is 5.97 Å². The Kier molecular flexibility index (Phi) is 8.62. The molecule has 9 heteroatoms. The number of fused-ring (bicyclic) bond motifs is 1. The summed E-state index contributed by atoms with van der Waals surface area (Å²) in [5, 5.41) is 10.7. The fourth-order valence-electron chi connectivity index (χ4n) is 4.66. The molecule has 2 heterocycles. The van der Waals surface area contributed by atoms with Gasteiger partial charge in [0.05, 0.1) is 32.0 Å². The minimum Gasteiger partial charge on any atom is -0.506 e. The van der Waals surface area contributed by atoms with Crippen molar-refractivity contribution >= 4 is 74.3 Å². The summed E-state index contributed by atoms with van der Waals surface area (Å²) in [7, 11) is 0. The lowest BCUT2D eigenvalue weighted by molar-refractivity contribution is -0.138. The summed E-state index contributed by atoms with van der Waals surface area (Å²) in [4.78, 5) is 33.0. The smallest absolute Gasteiger partial charge is 0.338 e. The Labute approximate surface area is 263 Å².